The molecule has 0 radical (unpaired) electrons. The molecule has 0 bridgehead atoms. The predicted molar refractivity (Wildman–Crippen MR) is 116 cm³/mol. The van der Waals surface area contributed by atoms with Crippen LogP contribution in [0.3, 0.4) is 0 Å². The van der Waals surface area contributed by atoms with Crippen molar-refractivity contribution in [2.75, 3.05) is 26.2 Å². The number of H-pyrrole nitrogens is 1. The van der Waals surface area contributed by atoms with Crippen molar-refractivity contribution in [3.05, 3.63) is 47.0 Å². The van der Waals surface area contributed by atoms with Crippen molar-refractivity contribution in [2.45, 2.75) is 61.4 Å². The fourth-order valence-electron chi connectivity index (χ4n) is 6.07. The van der Waals surface area contributed by atoms with E-state index < -0.39 is 29.7 Å². The Morgan fingerprint density at radius 2 is 1.59 bits per heavy atom. The van der Waals surface area contributed by atoms with Crippen molar-refractivity contribution in [1.82, 2.24) is 25.0 Å². The maximum absolute atomic E-state index is 13.3. The minimum atomic E-state index is -4.82. The zero-order valence-corrected chi connectivity index (χ0v) is 19.6. The molecule has 2 amide bonds. The Morgan fingerprint density at radius 3 is 2.14 bits per heavy atom. The summed E-state index contributed by atoms with van der Waals surface area (Å²) < 4.78 is 77.9. The maximum atomic E-state index is 13.3. The molecule has 1 atom stereocenters. The molecule has 0 unspecified atom stereocenters. The van der Waals surface area contributed by atoms with Crippen molar-refractivity contribution in [3.63, 3.8) is 0 Å². The Labute approximate surface area is 207 Å². The fraction of sp³-hybridized carbons (Fsp3) is 0.625. The summed E-state index contributed by atoms with van der Waals surface area (Å²) >= 11 is 0. The lowest BCUT2D eigenvalue weighted by Crippen LogP contribution is -2.67. The van der Waals surface area contributed by atoms with Gasteiger partial charge >= 0.3 is 18.4 Å². The van der Waals surface area contributed by atoms with Gasteiger partial charge in [0.1, 0.15) is 5.82 Å². The van der Waals surface area contributed by atoms with Gasteiger partial charge in [-0.1, -0.05) is 24.3 Å². The third-order valence-electron chi connectivity index (χ3n) is 8.54. The number of hydrogen-bond acceptors (Lipinski definition) is 4. The first-order valence-corrected chi connectivity index (χ1v) is 12.2. The first-order chi connectivity index (χ1) is 17.3. The quantitative estimate of drug-likeness (QED) is 0.576. The Hall–Kier alpha value is -2.83. The van der Waals surface area contributed by atoms with Gasteiger partial charge in [0.25, 0.3) is 0 Å². The molecule has 7 nitrogen and oxygen atoms in total. The molecule has 1 aromatic carbocycles. The number of hydrogen-bond donors (Lipinski definition) is 2. The van der Waals surface area contributed by atoms with Crippen LogP contribution in [0.15, 0.2) is 24.3 Å². The zero-order chi connectivity index (χ0) is 26.4. The summed E-state index contributed by atoms with van der Waals surface area (Å²) in [4.78, 5) is 18.8. The van der Waals surface area contributed by atoms with Gasteiger partial charge in [-0.3, -0.25) is 0 Å². The third-order valence-corrected chi connectivity index (χ3v) is 8.54. The standard InChI is InChI=1S/C24H25F6N5O2/c25-23(26,27)17(36)19-31-18(32-33-19)14-7-21(8-14)11-35(12-21)20(37)34-9-15(10-34)13-1-3-16(4-2-13)22(5-6-22)24(28,29)30/h1-4,14-15,17,36H,5-12H2,(H,31,32,33)/t17-/m1/s1. The molecule has 13 heteroatoms. The van der Waals surface area contributed by atoms with E-state index in [1.165, 1.54) is 0 Å². The van der Waals surface area contributed by atoms with E-state index in [2.05, 4.69) is 15.2 Å². The van der Waals surface area contributed by atoms with E-state index in [1.54, 1.807) is 34.1 Å². The van der Waals surface area contributed by atoms with Gasteiger partial charge in [0.15, 0.2) is 5.82 Å². The van der Waals surface area contributed by atoms with Crippen molar-refractivity contribution in [3.8, 4) is 0 Å². The molecular weight excluding hydrogens is 504 g/mol. The SMILES string of the molecule is O=C(N1CC(c2ccc(C3(C(F)(F)F)CC3)cc2)C1)N1CC2(CC(c3nnc([C@@H](O)C(F)(F)F)[nH]3)C2)C1. The van der Waals surface area contributed by atoms with Gasteiger partial charge in [-0.25, -0.2) is 4.79 Å². The van der Waals surface area contributed by atoms with Crippen molar-refractivity contribution >= 4 is 6.03 Å². The summed E-state index contributed by atoms with van der Waals surface area (Å²) in [7, 11) is 0. The van der Waals surface area contributed by atoms with Gasteiger partial charge in [-0.05, 0) is 36.8 Å². The highest BCUT2D eigenvalue weighted by molar-refractivity contribution is 5.77. The number of alkyl halides is 6. The molecule has 4 fully saturated rings. The molecule has 4 aliphatic rings. The lowest BCUT2D eigenvalue weighted by atomic mass is 9.57. The Kier molecular flexibility index (Phi) is 5.19. The van der Waals surface area contributed by atoms with Gasteiger partial charge in [0.05, 0.1) is 5.41 Å². The van der Waals surface area contributed by atoms with Crippen LogP contribution in [0.1, 0.15) is 66.4 Å². The van der Waals surface area contributed by atoms with Crippen LogP contribution in [0.5, 0.6) is 0 Å². The molecule has 2 N–H and O–H groups in total. The highest BCUT2D eigenvalue weighted by Gasteiger charge is 2.64. The second-order valence-corrected chi connectivity index (χ2v) is 11.1. The van der Waals surface area contributed by atoms with E-state index in [0.717, 1.165) is 5.56 Å². The number of amides is 2. The lowest BCUT2D eigenvalue weighted by Gasteiger charge is -2.59. The van der Waals surface area contributed by atoms with Gasteiger partial charge in [-0.2, -0.15) is 26.3 Å². The molecule has 2 aliphatic carbocycles. The third kappa shape index (κ3) is 3.96. The first-order valence-electron chi connectivity index (χ1n) is 12.2. The van der Waals surface area contributed by atoms with E-state index in [1.807, 2.05) is 0 Å². The number of carbonyl (C=O) groups excluding carboxylic acids is 1. The molecular formula is C24H25F6N5O2. The molecule has 3 heterocycles. The minimum absolute atomic E-state index is 0.0761. The summed E-state index contributed by atoms with van der Waals surface area (Å²) in [6.07, 6.45) is -10.2. The Balaban J connectivity index is 0.968. The number of aliphatic hydroxyl groups excluding tert-OH is 1. The number of rotatable bonds is 4. The second kappa shape index (κ2) is 7.84. The number of carbonyl (C=O) groups is 1. The molecule has 2 aromatic rings. The first kappa shape index (κ1) is 24.5. The van der Waals surface area contributed by atoms with Crippen LogP contribution in [-0.2, 0) is 5.41 Å². The monoisotopic (exact) mass is 529 g/mol. The number of likely N-dealkylation sites (tertiary alicyclic amines) is 2. The molecule has 2 saturated heterocycles. The van der Waals surface area contributed by atoms with Crippen LogP contribution in [0.25, 0.3) is 0 Å². The predicted octanol–water partition coefficient (Wildman–Crippen LogP) is 4.39. The number of nitrogens with one attached hydrogen (secondary N) is 1. The molecule has 2 saturated carbocycles. The van der Waals surface area contributed by atoms with Crippen LogP contribution < -0.4 is 0 Å². The van der Waals surface area contributed by atoms with E-state index in [-0.39, 0.29) is 36.1 Å². The molecule has 6 rings (SSSR count). The average molecular weight is 529 g/mol. The summed E-state index contributed by atoms with van der Waals surface area (Å²) in [5, 5.41) is 16.5. The number of aliphatic hydroxyl groups is 1. The molecule has 1 spiro atoms. The van der Waals surface area contributed by atoms with E-state index >= 15 is 0 Å². The number of nitrogens with zero attached hydrogens (tertiary/aromatic N) is 4. The Bertz CT molecular complexity index is 1190. The van der Waals surface area contributed by atoms with Gasteiger partial charge in [0.2, 0.25) is 6.10 Å². The minimum Gasteiger partial charge on any atom is -0.377 e. The van der Waals surface area contributed by atoms with Crippen molar-refractivity contribution in [2.24, 2.45) is 5.41 Å². The summed E-state index contributed by atoms with van der Waals surface area (Å²) in [5.74, 6) is -0.311. The van der Waals surface area contributed by atoms with Crippen LogP contribution in [0.4, 0.5) is 31.1 Å². The largest absolute Gasteiger partial charge is 0.421 e. The van der Waals surface area contributed by atoms with Crippen LogP contribution in [0.2, 0.25) is 0 Å². The molecule has 1 aromatic heterocycles. The highest BCUT2D eigenvalue weighted by atomic mass is 19.4. The summed E-state index contributed by atoms with van der Waals surface area (Å²) in [5.41, 5.74) is -0.539. The molecule has 2 aliphatic heterocycles. The van der Waals surface area contributed by atoms with Crippen LogP contribution in [-0.4, -0.2) is 74.7 Å². The van der Waals surface area contributed by atoms with E-state index in [9.17, 15) is 36.2 Å². The molecule has 37 heavy (non-hydrogen) atoms. The van der Waals surface area contributed by atoms with Crippen LogP contribution >= 0.6 is 0 Å². The maximum Gasteiger partial charge on any atom is 0.421 e. The second-order valence-electron chi connectivity index (χ2n) is 11.1. The topological polar surface area (TPSA) is 85.3 Å². The Morgan fingerprint density at radius 1 is 0.973 bits per heavy atom. The lowest BCUT2D eigenvalue weighted by molar-refractivity contribution is -0.209. The highest BCUT2D eigenvalue weighted by Crippen LogP contribution is 2.59. The van der Waals surface area contributed by atoms with Gasteiger partial charge in [-0.15, -0.1) is 10.2 Å². The summed E-state index contributed by atoms with van der Waals surface area (Å²) in [6, 6.07) is 6.53. The van der Waals surface area contributed by atoms with Crippen molar-refractivity contribution in [1.29, 1.82) is 0 Å². The van der Waals surface area contributed by atoms with E-state index in [4.69, 9.17) is 0 Å². The normalized spacial score (nSPS) is 23.9. The van der Waals surface area contributed by atoms with Gasteiger partial charge < -0.3 is 19.9 Å². The van der Waals surface area contributed by atoms with E-state index in [0.29, 0.717) is 50.4 Å². The number of aromatic amines is 1. The van der Waals surface area contributed by atoms with Crippen LogP contribution in [0, 0.1) is 5.41 Å². The smallest absolute Gasteiger partial charge is 0.377 e. The zero-order valence-electron chi connectivity index (χ0n) is 19.6. The van der Waals surface area contributed by atoms with Crippen molar-refractivity contribution < 1.29 is 36.2 Å². The molecule has 200 valence electrons. The number of halogens is 6. The summed E-state index contributed by atoms with van der Waals surface area (Å²) in [6.45, 7) is 2.14. The number of aromatic nitrogens is 3. The average Bonchev–Trinajstić information content (AvgIpc) is 3.43. The fourth-order valence-corrected chi connectivity index (χ4v) is 6.07. The number of urea groups is 1. The van der Waals surface area contributed by atoms with Gasteiger partial charge in [0, 0.05) is 43.4 Å². The number of benzene rings is 1.